The highest BCUT2D eigenvalue weighted by Gasteiger charge is 2.06. The first-order chi connectivity index (χ1) is 13.4. The van der Waals surface area contributed by atoms with E-state index < -0.39 is 0 Å². The van der Waals surface area contributed by atoms with Gasteiger partial charge in [-0.2, -0.15) is 0 Å². The second-order valence-electron chi connectivity index (χ2n) is 6.40. The monoisotopic (exact) mass is 391 g/mol. The highest BCUT2D eigenvalue weighted by molar-refractivity contribution is 5.80. The molecule has 8 heteroatoms. The second kappa shape index (κ2) is 13.4. The summed E-state index contributed by atoms with van der Waals surface area (Å²) >= 11 is 0. The van der Waals surface area contributed by atoms with Crippen molar-refractivity contribution in [3.8, 4) is 0 Å². The molecule has 0 fully saturated rings. The smallest absolute Gasteiger partial charge is 0.246 e. The maximum Gasteiger partial charge on any atom is 0.246 e. The zero-order valence-electron chi connectivity index (χ0n) is 16.5. The largest absolute Gasteiger partial charge is 0.372 e. The van der Waals surface area contributed by atoms with Crippen LogP contribution in [0.4, 0.5) is 0 Å². The summed E-state index contributed by atoms with van der Waals surface area (Å²) in [6.07, 6.45) is 1.55. The van der Waals surface area contributed by atoms with Crippen molar-refractivity contribution in [3.63, 3.8) is 0 Å². The molecular formula is C20H29N3O5. The van der Waals surface area contributed by atoms with Gasteiger partial charge in [-0.05, 0) is 24.5 Å². The van der Waals surface area contributed by atoms with Gasteiger partial charge in [0.1, 0.15) is 12.4 Å². The summed E-state index contributed by atoms with van der Waals surface area (Å²) in [6.45, 7) is 2.55. The standard InChI is InChI=1S/C20H29N3O5/c1-15(24)4-3-11-28-14-20(27)23-13-17-7-5-16(6-8-17)12-19(26)22-10-9-18(25)21-2/h5-8H,3-4,9-14H2,1-2H3,(H,21,25)(H,22,26)(H,23,27). The van der Waals surface area contributed by atoms with Crippen molar-refractivity contribution in [1.29, 1.82) is 0 Å². The number of amides is 3. The molecule has 3 N–H and O–H groups in total. The van der Waals surface area contributed by atoms with Gasteiger partial charge in [0.15, 0.2) is 0 Å². The van der Waals surface area contributed by atoms with E-state index in [1.165, 1.54) is 6.92 Å². The number of hydrogen-bond donors (Lipinski definition) is 3. The molecule has 0 heterocycles. The Kier molecular flexibility index (Phi) is 11.2. The van der Waals surface area contributed by atoms with Crippen LogP contribution in [0.2, 0.25) is 0 Å². The van der Waals surface area contributed by atoms with Gasteiger partial charge in [-0.15, -0.1) is 0 Å². The SMILES string of the molecule is CNC(=O)CCNC(=O)Cc1ccc(CNC(=O)COCCCC(C)=O)cc1. The van der Waals surface area contributed by atoms with Crippen LogP contribution in [-0.2, 0) is 36.9 Å². The Labute approximate surface area is 165 Å². The van der Waals surface area contributed by atoms with Gasteiger partial charge in [-0.1, -0.05) is 24.3 Å². The average Bonchev–Trinajstić information content (AvgIpc) is 2.66. The van der Waals surface area contributed by atoms with E-state index in [0.717, 1.165) is 11.1 Å². The molecule has 8 nitrogen and oxygen atoms in total. The predicted molar refractivity (Wildman–Crippen MR) is 104 cm³/mol. The van der Waals surface area contributed by atoms with Crippen LogP contribution < -0.4 is 16.0 Å². The molecule has 0 atom stereocenters. The fourth-order valence-electron chi connectivity index (χ4n) is 2.30. The molecule has 0 aliphatic heterocycles. The van der Waals surface area contributed by atoms with Gasteiger partial charge < -0.3 is 25.5 Å². The molecule has 0 unspecified atom stereocenters. The van der Waals surface area contributed by atoms with Gasteiger partial charge >= 0.3 is 0 Å². The zero-order valence-corrected chi connectivity index (χ0v) is 16.5. The van der Waals surface area contributed by atoms with Gasteiger partial charge in [0.2, 0.25) is 17.7 Å². The normalized spacial score (nSPS) is 10.2. The number of carbonyl (C=O) groups is 4. The van der Waals surface area contributed by atoms with Crippen LogP contribution in [0, 0.1) is 0 Å². The Morgan fingerprint density at radius 2 is 1.57 bits per heavy atom. The minimum atomic E-state index is -0.220. The van der Waals surface area contributed by atoms with E-state index in [4.69, 9.17) is 4.74 Å². The van der Waals surface area contributed by atoms with Crippen molar-refractivity contribution in [3.05, 3.63) is 35.4 Å². The van der Waals surface area contributed by atoms with Crippen molar-refractivity contribution in [2.45, 2.75) is 39.2 Å². The van der Waals surface area contributed by atoms with Crippen molar-refractivity contribution in [2.24, 2.45) is 0 Å². The summed E-state index contributed by atoms with van der Waals surface area (Å²) < 4.78 is 5.22. The van der Waals surface area contributed by atoms with Crippen LogP contribution in [-0.4, -0.2) is 50.3 Å². The fourth-order valence-corrected chi connectivity index (χ4v) is 2.30. The molecule has 0 aromatic heterocycles. The first-order valence-corrected chi connectivity index (χ1v) is 9.29. The van der Waals surface area contributed by atoms with Crippen molar-refractivity contribution in [1.82, 2.24) is 16.0 Å². The third-order valence-corrected chi connectivity index (χ3v) is 3.88. The van der Waals surface area contributed by atoms with Gasteiger partial charge in [-0.25, -0.2) is 0 Å². The lowest BCUT2D eigenvalue weighted by atomic mass is 10.1. The summed E-state index contributed by atoms with van der Waals surface area (Å²) in [6, 6.07) is 7.36. The lowest BCUT2D eigenvalue weighted by Crippen LogP contribution is -2.30. The summed E-state index contributed by atoms with van der Waals surface area (Å²) in [4.78, 5) is 45.4. The first-order valence-electron chi connectivity index (χ1n) is 9.29. The minimum absolute atomic E-state index is 0.0355. The van der Waals surface area contributed by atoms with Gasteiger partial charge in [-0.3, -0.25) is 14.4 Å². The molecule has 0 bridgehead atoms. The quantitative estimate of drug-likeness (QED) is 0.423. The molecule has 154 valence electrons. The third kappa shape index (κ3) is 11.1. The van der Waals surface area contributed by atoms with Crippen LogP contribution >= 0.6 is 0 Å². The van der Waals surface area contributed by atoms with Crippen molar-refractivity contribution >= 4 is 23.5 Å². The third-order valence-electron chi connectivity index (χ3n) is 3.88. The molecule has 1 rings (SSSR count). The van der Waals surface area contributed by atoms with Crippen molar-refractivity contribution < 1.29 is 23.9 Å². The Balaban J connectivity index is 2.23. The highest BCUT2D eigenvalue weighted by Crippen LogP contribution is 2.05. The summed E-state index contributed by atoms with van der Waals surface area (Å²) in [5.41, 5.74) is 1.76. The Hall–Kier alpha value is -2.74. The van der Waals surface area contributed by atoms with Crippen LogP contribution in [0.5, 0.6) is 0 Å². The van der Waals surface area contributed by atoms with Crippen LogP contribution in [0.25, 0.3) is 0 Å². The van der Waals surface area contributed by atoms with Gasteiger partial charge in [0.25, 0.3) is 0 Å². The average molecular weight is 391 g/mol. The summed E-state index contributed by atoms with van der Waals surface area (Å²) in [5, 5.41) is 7.95. The molecule has 28 heavy (non-hydrogen) atoms. The lowest BCUT2D eigenvalue weighted by molar-refractivity contribution is -0.126. The number of hydrogen-bond acceptors (Lipinski definition) is 5. The van der Waals surface area contributed by atoms with E-state index >= 15 is 0 Å². The first kappa shape index (κ1) is 23.3. The Morgan fingerprint density at radius 3 is 2.21 bits per heavy atom. The number of carbonyl (C=O) groups excluding carboxylic acids is 4. The van der Waals surface area contributed by atoms with E-state index in [1.54, 1.807) is 7.05 Å². The van der Waals surface area contributed by atoms with E-state index in [1.807, 2.05) is 24.3 Å². The van der Waals surface area contributed by atoms with Crippen LogP contribution in [0.3, 0.4) is 0 Å². The highest BCUT2D eigenvalue weighted by atomic mass is 16.5. The summed E-state index contributed by atoms with van der Waals surface area (Å²) in [7, 11) is 1.55. The molecule has 3 amide bonds. The molecular weight excluding hydrogens is 362 g/mol. The topological polar surface area (TPSA) is 114 Å². The number of rotatable bonds is 13. The Bertz CT molecular complexity index is 658. The summed E-state index contributed by atoms with van der Waals surface area (Å²) in [5.74, 6) is -0.375. The maximum absolute atomic E-state index is 11.8. The number of benzene rings is 1. The molecule has 0 radical (unpaired) electrons. The number of ketones is 1. The van der Waals surface area contributed by atoms with E-state index in [2.05, 4.69) is 16.0 Å². The number of ether oxygens (including phenoxy) is 1. The van der Waals surface area contributed by atoms with E-state index in [0.29, 0.717) is 32.5 Å². The molecule has 0 spiro atoms. The molecule has 0 aliphatic rings. The molecule has 1 aromatic rings. The van der Waals surface area contributed by atoms with Gasteiger partial charge in [0, 0.05) is 39.6 Å². The van der Waals surface area contributed by atoms with Gasteiger partial charge in [0.05, 0.1) is 6.42 Å². The molecule has 0 saturated heterocycles. The number of Topliss-reactive ketones (excluding diaryl/α,β-unsaturated/α-hetero) is 1. The predicted octanol–water partition coefficient (Wildman–Crippen LogP) is 0.483. The van der Waals surface area contributed by atoms with Crippen molar-refractivity contribution in [2.75, 3.05) is 26.8 Å². The fraction of sp³-hybridized carbons (Fsp3) is 0.500. The molecule has 1 aromatic carbocycles. The maximum atomic E-state index is 11.8. The van der Waals surface area contributed by atoms with E-state index in [9.17, 15) is 19.2 Å². The molecule has 0 saturated carbocycles. The van der Waals surface area contributed by atoms with E-state index in [-0.39, 0.29) is 43.0 Å². The lowest BCUT2D eigenvalue weighted by Gasteiger charge is -2.08. The number of nitrogens with one attached hydrogen (secondary N) is 3. The second-order valence-corrected chi connectivity index (χ2v) is 6.40. The molecule has 0 aliphatic carbocycles. The van der Waals surface area contributed by atoms with Crippen LogP contribution in [0.1, 0.15) is 37.3 Å². The van der Waals surface area contributed by atoms with Crippen LogP contribution in [0.15, 0.2) is 24.3 Å². The minimum Gasteiger partial charge on any atom is -0.372 e. The zero-order chi connectivity index (χ0) is 20.8. The Morgan fingerprint density at radius 1 is 0.893 bits per heavy atom.